The normalized spacial score (nSPS) is 10.9. The zero-order valence-corrected chi connectivity index (χ0v) is 9.71. The first-order valence-corrected chi connectivity index (χ1v) is 5.56. The molecule has 88 valence electrons. The number of carboxylic acid groups (broad SMARTS) is 1. The molecule has 0 unspecified atom stereocenters. The van der Waals surface area contributed by atoms with Gasteiger partial charge in [-0.15, -0.1) is 0 Å². The second-order valence-corrected chi connectivity index (χ2v) is 4.14. The quantitative estimate of drug-likeness (QED) is 0.662. The zero-order valence-electron chi connectivity index (χ0n) is 9.71. The summed E-state index contributed by atoms with van der Waals surface area (Å²) in [5, 5.41) is 9.14. The molecule has 0 aliphatic rings. The molecular formula is C14H10N2O2. The molecule has 0 bridgehead atoms. The Kier molecular flexibility index (Phi) is 2.23. The summed E-state index contributed by atoms with van der Waals surface area (Å²) < 4.78 is 0. The second-order valence-electron chi connectivity index (χ2n) is 4.14. The lowest BCUT2D eigenvalue weighted by Crippen LogP contribution is -2.00. The molecule has 0 amide bonds. The molecule has 0 atom stereocenters. The highest BCUT2D eigenvalue weighted by atomic mass is 16.4. The van der Waals surface area contributed by atoms with E-state index in [9.17, 15) is 4.79 Å². The van der Waals surface area contributed by atoms with Crippen LogP contribution in [0.3, 0.4) is 0 Å². The van der Waals surface area contributed by atoms with E-state index in [1.165, 1.54) is 0 Å². The van der Waals surface area contributed by atoms with Gasteiger partial charge in [-0.05, 0) is 30.7 Å². The van der Waals surface area contributed by atoms with Gasteiger partial charge in [0.15, 0.2) is 0 Å². The molecular weight excluding hydrogens is 228 g/mol. The smallest absolute Gasteiger partial charge is 0.337 e. The Morgan fingerprint density at radius 2 is 1.61 bits per heavy atom. The maximum absolute atomic E-state index is 11.2. The summed E-state index contributed by atoms with van der Waals surface area (Å²) in [6.45, 7) is 1.96. The first-order chi connectivity index (χ1) is 8.66. The lowest BCUT2D eigenvalue weighted by Gasteiger charge is -2.05. The fourth-order valence-corrected chi connectivity index (χ4v) is 2.03. The first kappa shape index (κ1) is 10.7. The molecule has 4 heteroatoms. The van der Waals surface area contributed by atoms with Crippen LogP contribution >= 0.6 is 0 Å². The number of nitrogens with zero attached hydrogens (tertiary/aromatic N) is 2. The number of hydrogen-bond donors (Lipinski definition) is 1. The number of aryl methyl sites for hydroxylation is 1. The van der Waals surface area contributed by atoms with Gasteiger partial charge >= 0.3 is 5.97 Å². The number of aromatic nitrogens is 2. The van der Waals surface area contributed by atoms with E-state index in [-0.39, 0.29) is 5.56 Å². The predicted octanol–water partition coefficient (Wildman–Crippen LogP) is 2.79. The number of para-hydroxylation sites is 2. The van der Waals surface area contributed by atoms with Crippen molar-refractivity contribution in [1.82, 2.24) is 9.97 Å². The van der Waals surface area contributed by atoms with Crippen molar-refractivity contribution in [2.24, 2.45) is 0 Å². The van der Waals surface area contributed by atoms with Gasteiger partial charge in [0, 0.05) is 0 Å². The maximum Gasteiger partial charge on any atom is 0.337 e. The topological polar surface area (TPSA) is 63.1 Å². The maximum atomic E-state index is 11.2. The predicted molar refractivity (Wildman–Crippen MR) is 68.7 cm³/mol. The van der Waals surface area contributed by atoms with Gasteiger partial charge in [0.05, 0.1) is 22.1 Å². The molecule has 3 rings (SSSR count). The molecule has 1 heterocycles. The Balaban J connectivity index is 2.49. The molecule has 0 aliphatic heterocycles. The van der Waals surface area contributed by atoms with Crippen LogP contribution in [0.5, 0.6) is 0 Å². The van der Waals surface area contributed by atoms with E-state index in [2.05, 4.69) is 9.97 Å². The lowest BCUT2D eigenvalue weighted by atomic mass is 10.1. The summed E-state index contributed by atoms with van der Waals surface area (Å²) in [5.41, 5.74) is 3.79. The monoisotopic (exact) mass is 238 g/mol. The van der Waals surface area contributed by atoms with Crippen molar-refractivity contribution in [1.29, 1.82) is 0 Å². The number of carboxylic acids is 1. The van der Waals surface area contributed by atoms with Crippen LogP contribution in [0.4, 0.5) is 0 Å². The Morgan fingerprint density at radius 1 is 1.00 bits per heavy atom. The first-order valence-electron chi connectivity index (χ1n) is 5.56. The molecule has 2 aromatic carbocycles. The van der Waals surface area contributed by atoms with Crippen molar-refractivity contribution in [3.8, 4) is 0 Å². The average molecular weight is 238 g/mol. The fourth-order valence-electron chi connectivity index (χ4n) is 2.03. The van der Waals surface area contributed by atoms with E-state index in [1.54, 1.807) is 18.2 Å². The number of rotatable bonds is 1. The van der Waals surface area contributed by atoms with Crippen LogP contribution in [0.2, 0.25) is 0 Å². The zero-order chi connectivity index (χ0) is 12.7. The molecule has 3 aromatic rings. The summed E-state index contributed by atoms with van der Waals surface area (Å²) in [6.07, 6.45) is 0. The van der Waals surface area contributed by atoms with Crippen molar-refractivity contribution in [3.05, 3.63) is 47.5 Å². The molecule has 0 radical (unpaired) electrons. The summed E-state index contributed by atoms with van der Waals surface area (Å²) >= 11 is 0. The highest BCUT2D eigenvalue weighted by Gasteiger charge is 2.11. The van der Waals surface area contributed by atoms with Gasteiger partial charge in [-0.2, -0.15) is 0 Å². The SMILES string of the molecule is Cc1cccc2nc3c(C(=O)O)cccc3nc12. The van der Waals surface area contributed by atoms with Gasteiger partial charge in [0.1, 0.15) is 5.52 Å². The third-order valence-corrected chi connectivity index (χ3v) is 2.93. The van der Waals surface area contributed by atoms with Gasteiger partial charge in [-0.1, -0.05) is 18.2 Å². The summed E-state index contributed by atoms with van der Waals surface area (Å²) in [4.78, 5) is 20.1. The highest BCUT2D eigenvalue weighted by molar-refractivity contribution is 6.02. The number of benzene rings is 2. The molecule has 1 N–H and O–H groups in total. The van der Waals surface area contributed by atoms with Crippen LogP contribution < -0.4 is 0 Å². The van der Waals surface area contributed by atoms with Gasteiger partial charge < -0.3 is 5.11 Å². The Morgan fingerprint density at radius 3 is 2.33 bits per heavy atom. The fraction of sp³-hybridized carbons (Fsp3) is 0.0714. The van der Waals surface area contributed by atoms with E-state index in [0.29, 0.717) is 11.0 Å². The van der Waals surface area contributed by atoms with E-state index in [0.717, 1.165) is 16.6 Å². The van der Waals surface area contributed by atoms with Crippen LogP contribution in [0, 0.1) is 6.92 Å². The molecule has 0 saturated heterocycles. The van der Waals surface area contributed by atoms with Gasteiger partial charge in [-0.3, -0.25) is 0 Å². The third kappa shape index (κ3) is 1.50. The third-order valence-electron chi connectivity index (χ3n) is 2.93. The molecule has 4 nitrogen and oxygen atoms in total. The second kappa shape index (κ2) is 3.77. The van der Waals surface area contributed by atoms with Crippen LogP contribution in [-0.2, 0) is 0 Å². The van der Waals surface area contributed by atoms with Crippen LogP contribution in [0.15, 0.2) is 36.4 Å². The minimum atomic E-state index is -0.984. The minimum absolute atomic E-state index is 0.184. The molecule has 0 fully saturated rings. The number of hydrogen-bond acceptors (Lipinski definition) is 3. The van der Waals surface area contributed by atoms with Crippen LogP contribution in [0.25, 0.3) is 22.1 Å². The average Bonchev–Trinajstić information content (AvgIpc) is 2.36. The Labute approximate surface area is 103 Å². The number of carbonyl (C=O) groups is 1. The van der Waals surface area contributed by atoms with Crippen molar-refractivity contribution in [2.75, 3.05) is 0 Å². The van der Waals surface area contributed by atoms with Crippen LogP contribution in [0.1, 0.15) is 15.9 Å². The Bertz CT molecular complexity index is 781. The lowest BCUT2D eigenvalue weighted by molar-refractivity contribution is 0.0699. The van der Waals surface area contributed by atoms with Crippen molar-refractivity contribution in [3.63, 3.8) is 0 Å². The number of aromatic carboxylic acids is 1. The van der Waals surface area contributed by atoms with Gasteiger partial charge in [-0.25, -0.2) is 14.8 Å². The van der Waals surface area contributed by atoms with Crippen molar-refractivity contribution in [2.45, 2.75) is 6.92 Å². The summed E-state index contributed by atoms with van der Waals surface area (Å²) in [5.74, 6) is -0.984. The molecule has 1 aromatic heterocycles. The summed E-state index contributed by atoms with van der Waals surface area (Å²) in [6, 6.07) is 10.7. The summed E-state index contributed by atoms with van der Waals surface area (Å²) in [7, 11) is 0. The van der Waals surface area contributed by atoms with E-state index >= 15 is 0 Å². The Hall–Kier alpha value is -2.49. The van der Waals surface area contributed by atoms with Gasteiger partial charge in [0.25, 0.3) is 0 Å². The molecule has 18 heavy (non-hydrogen) atoms. The van der Waals surface area contributed by atoms with E-state index < -0.39 is 5.97 Å². The largest absolute Gasteiger partial charge is 0.478 e. The van der Waals surface area contributed by atoms with Crippen LogP contribution in [-0.4, -0.2) is 21.0 Å². The highest BCUT2D eigenvalue weighted by Crippen LogP contribution is 2.21. The van der Waals surface area contributed by atoms with Crippen molar-refractivity contribution < 1.29 is 9.90 Å². The van der Waals surface area contributed by atoms with E-state index in [4.69, 9.17) is 5.11 Å². The van der Waals surface area contributed by atoms with Crippen molar-refractivity contribution >= 4 is 28.0 Å². The standard InChI is InChI=1S/C14H10N2O2/c1-8-4-2-6-10-12(8)15-11-7-3-5-9(14(17)18)13(11)16-10/h2-7H,1H3,(H,17,18). The molecule has 0 aliphatic carbocycles. The molecule has 0 spiro atoms. The molecule has 0 saturated carbocycles. The van der Waals surface area contributed by atoms with Gasteiger partial charge in [0.2, 0.25) is 0 Å². The number of fused-ring (bicyclic) bond motifs is 2. The van der Waals surface area contributed by atoms with E-state index in [1.807, 2.05) is 25.1 Å². The minimum Gasteiger partial charge on any atom is -0.478 e.